The summed E-state index contributed by atoms with van der Waals surface area (Å²) in [5.41, 5.74) is 1.56. The number of likely N-dealkylation sites (N-methyl/N-ethyl adjacent to an activating group) is 1. The molecule has 0 aliphatic heterocycles. The van der Waals surface area contributed by atoms with Crippen LogP contribution in [0.5, 0.6) is 0 Å². The zero-order valence-corrected chi connectivity index (χ0v) is 14.5. The lowest BCUT2D eigenvalue weighted by atomic mass is 10.1. The molecule has 0 aromatic carbocycles. The summed E-state index contributed by atoms with van der Waals surface area (Å²) in [4.78, 5) is 37.8. The van der Waals surface area contributed by atoms with Crippen molar-refractivity contribution < 1.29 is 4.79 Å². The van der Waals surface area contributed by atoms with Gasteiger partial charge in [-0.1, -0.05) is 13.3 Å². The lowest BCUT2D eigenvalue weighted by Crippen LogP contribution is -2.35. The molecular weight excluding hydrogens is 304 g/mol. The minimum atomic E-state index is -0.255. The topological polar surface area (TPSA) is 79.0 Å². The Kier molecular flexibility index (Phi) is 6.23. The summed E-state index contributed by atoms with van der Waals surface area (Å²) >= 11 is 0. The minimum absolute atomic E-state index is 0.0296. The Balaban J connectivity index is 2.23. The molecule has 2 heterocycles. The molecule has 6 nitrogen and oxygen atoms in total. The van der Waals surface area contributed by atoms with Crippen molar-refractivity contribution in [1.29, 1.82) is 0 Å². The number of hydrogen-bond donors (Lipinski definition) is 1. The number of nitrogens with zero attached hydrogens (tertiary/aromatic N) is 3. The molecule has 2 rings (SSSR count). The molecular formula is C18H24N4O2. The largest absolute Gasteiger partial charge is 0.343 e. The first-order chi connectivity index (χ1) is 11.6. The van der Waals surface area contributed by atoms with Gasteiger partial charge in [0.2, 0.25) is 5.91 Å². The molecule has 1 amide bonds. The molecule has 0 radical (unpaired) electrons. The van der Waals surface area contributed by atoms with Crippen molar-refractivity contribution in [2.24, 2.45) is 0 Å². The van der Waals surface area contributed by atoms with Crippen LogP contribution in [0.25, 0.3) is 11.4 Å². The van der Waals surface area contributed by atoms with Crippen molar-refractivity contribution >= 4 is 5.91 Å². The third-order valence-electron chi connectivity index (χ3n) is 4.02. The van der Waals surface area contributed by atoms with Crippen LogP contribution in [0.4, 0.5) is 0 Å². The summed E-state index contributed by atoms with van der Waals surface area (Å²) in [5, 5.41) is 0. The molecule has 0 atom stereocenters. The second kappa shape index (κ2) is 8.38. The zero-order valence-electron chi connectivity index (χ0n) is 14.5. The first-order valence-corrected chi connectivity index (χ1v) is 8.34. The maximum Gasteiger partial charge on any atom is 0.255 e. The fraction of sp³-hybridized carbons (Fsp3) is 0.444. The zero-order chi connectivity index (χ0) is 17.5. The van der Waals surface area contributed by atoms with Crippen LogP contribution in [0.15, 0.2) is 29.3 Å². The van der Waals surface area contributed by atoms with E-state index in [1.807, 2.05) is 6.92 Å². The van der Waals surface area contributed by atoms with Crippen LogP contribution in [-0.4, -0.2) is 38.8 Å². The third kappa shape index (κ3) is 4.28. The Hall–Kier alpha value is -2.50. The molecule has 2 aromatic rings. The number of H-pyrrole nitrogens is 1. The van der Waals surface area contributed by atoms with Crippen LogP contribution in [0.2, 0.25) is 0 Å². The number of carbonyl (C=O) groups excluding carboxylic acids is 1. The van der Waals surface area contributed by atoms with E-state index in [2.05, 4.69) is 21.9 Å². The number of amides is 1. The fourth-order valence-electron chi connectivity index (χ4n) is 2.54. The quantitative estimate of drug-likeness (QED) is 0.846. The highest BCUT2D eigenvalue weighted by atomic mass is 16.2. The molecule has 0 aliphatic rings. The minimum Gasteiger partial charge on any atom is -0.343 e. The molecule has 0 unspecified atom stereocenters. The summed E-state index contributed by atoms with van der Waals surface area (Å²) in [6.45, 7) is 7.19. The number of aromatic amines is 1. The number of aryl methyl sites for hydroxylation is 1. The second-order valence-electron chi connectivity index (χ2n) is 5.72. The monoisotopic (exact) mass is 328 g/mol. The van der Waals surface area contributed by atoms with Gasteiger partial charge in [0.15, 0.2) is 0 Å². The molecule has 0 fully saturated rings. The van der Waals surface area contributed by atoms with E-state index in [0.29, 0.717) is 23.6 Å². The van der Waals surface area contributed by atoms with Crippen molar-refractivity contribution in [1.82, 2.24) is 19.9 Å². The Bertz CT molecular complexity index is 740. The average molecular weight is 328 g/mol. The van der Waals surface area contributed by atoms with E-state index in [9.17, 15) is 9.59 Å². The van der Waals surface area contributed by atoms with Crippen LogP contribution >= 0.6 is 0 Å². The lowest BCUT2D eigenvalue weighted by Gasteiger charge is -2.20. The Labute approximate surface area is 142 Å². The molecule has 24 heavy (non-hydrogen) atoms. The predicted octanol–water partition coefficient (Wildman–Crippen LogP) is 2.33. The van der Waals surface area contributed by atoms with Crippen LogP contribution in [0.3, 0.4) is 0 Å². The predicted molar refractivity (Wildman–Crippen MR) is 93.7 cm³/mol. The summed E-state index contributed by atoms with van der Waals surface area (Å²) in [7, 11) is 0. The van der Waals surface area contributed by atoms with Crippen molar-refractivity contribution in [3.8, 4) is 11.4 Å². The highest BCUT2D eigenvalue weighted by Crippen LogP contribution is 2.13. The smallest absolute Gasteiger partial charge is 0.255 e. The van der Waals surface area contributed by atoms with Gasteiger partial charge in [0.05, 0.1) is 6.42 Å². The fourth-order valence-corrected chi connectivity index (χ4v) is 2.54. The number of carbonyl (C=O) groups is 1. The Morgan fingerprint density at radius 1 is 1.25 bits per heavy atom. The molecule has 0 aliphatic carbocycles. The van der Waals surface area contributed by atoms with E-state index < -0.39 is 0 Å². The number of aromatic nitrogens is 3. The van der Waals surface area contributed by atoms with Gasteiger partial charge in [-0.05, 0) is 32.4 Å². The first kappa shape index (κ1) is 17.8. The molecule has 6 heteroatoms. The van der Waals surface area contributed by atoms with Gasteiger partial charge in [0, 0.05) is 42.3 Å². The third-order valence-corrected chi connectivity index (χ3v) is 4.02. The number of pyridine rings is 1. The van der Waals surface area contributed by atoms with E-state index in [4.69, 9.17) is 0 Å². The average Bonchev–Trinajstić information content (AvgIpc) is 2.59. The first-order valence-electron chi connectivity index (χ1n) is 8.34. The Morgan fingerprint density at radius 3 is 2.54 bits per heavy atom. The van der Waals surface area contributed by atoms with Gasteiger partial charge >= 0.3 is 0 Å². The van der Waals surface area contributed by atoms with Gasteiger partial charge < -0.3 is 9.88 Å². The summed E-state index contributed by atoms with van der Waals surface area (Å²) in [5.74, 6) is 0.465. The maximum absolute atomic E-state index is 12.4. The highest BCUT2D eigenvalue weighted by molar-refractivity contribution is 5.79. The van der Waals surface area contributed by atoms with E-state index in [1.54, 1.807) is 36.4 Å². The Morgan fingerprint density at radius 2 is 1.96 bits per heavy atom. The normalized spacial score (nSPS) is 10.6. The number of nitrogens with one attached hydrogen (secondary N) is 1. The van der Waals surface area contributed by atoms with Gasteiger partial charge in [-0.3, -0.25) is 14.6 Å². The van der Waals surface area contributed by atoms with Gasteiger partial charge in [-0.25, -0.2) is 4.98 Å². The van der Waals surface area contributed by atoms with Crippen LogP contribution in [0.1, 0.15) is 37.9 Å². The molecule has 128 valence electrons. The number of hydrogen-bond acceptors (Lipinski definition) is 4. The van der Waals surface area contributed by atoms with Gasteiger partial charge in [-0.15, -0.1) is 0 Å². The highest BCUT2D eigenvalue weighted by Gasteiger charge is 2.17. The van der Waals surface area contributed by atoms with Crippen molar-refractivity contribution in [3.05, 3.63) is 46.1 Å². The van der Waals surface area contributed by atoms with E-state index >= 15 is 0 Å². The summed E-state index contributed by atoms with van der Waals surface area (Å²) in [6.07, 6.45) is 5.38. The lowest BCUT2D eigenvalue weighted by molar-refractivity contribution is -0.130. The van der Waals surface area contributed by atoms with Crippen molar-refractivity contribution in [2.75, 3.05) is 13.1 Å². The van der Waals surface area contributed by atoms with Gasteiger partial charge in [0.1, 0.15) is 5.82 Å². The van der Waals surface area contributed by atoms with Crippen molar-refractivity contribution in [3.63, 3.8) is 0 Å². The molecule has 0 spiro atoms. The molecule has 1 N–H and O–H groups in total. The molecule has 0 saturated heterocycles. The summed E-state index contributed by atoms with van der Waals surface area (Å²) < 4.78 is 0. The molecule has 0 bridgehead atoms. The van der Waals surface area contributed by atoms with Crippen LogP contribution in [-0.2, 0) is 11.2 Å². The van der Waals surface area contributed by atoms with Gasteiger partial charge in [-0.2, -0.15) is 0 Å². The number of unbranched alkanes of at least 4 members (excludes halogenated alkanes) is 1. The van der Waals surface area contributed by atoms with Crippen LogP contribution in [0, 0.1) is 6.92 Å². The van der Waals surface area contributed by atoms with Gasteiger partial charge in [0.25, 0.3) is 5.56 Å². The van der Waals surface area contributed by atoms with E-state index in [0.717, 1.165) is 24.9 Å². The second-order valence-corrected chi connectivity index (χ2v) is 5.72. The maximum atomic E-state index is 12.4. The summed E-state index contributed by atoms with van der Waals surface area (Å²) in [6, 6.07) is 3.57. The van der Waals surface area contributed by atoms with E-state index in [1.165, 1.54) is 0 Å². The standard InChI is InChI=1S/C18H24N4O2/c1-4-6-11-22(5-2)16(23)12-15-13(3)20-17(21-18(15)24)14-7-9-19-10-8-14/h7-10H,4-6,11-12H2,1-3H3,(H,20,21,24). The SMILES string of the molecule is CCCCN(CC)C(=O)Cc1c(C)nc(-c2ccncc2)[nH]c1=O. The number of rotatable bonds is 7. The molecule has 0 saturated carbocycles. The van der Waals surface area contributed by atoms with Crippen molar-refractivity contribution in [2.45, 2.75) is 40.0 Å². The molecule has 2 aromatic heterocycles. The van der Waals surface area contributed by atoms with Crippen LogP contribution < -0.4 is 5.56 Å². The van der Waals surface area contributed by atoms with E-state index in [-0.39, 0.29) is 17.9 Å².